The van der Waals surface area contributed by atoms with E-state index in [4.69, 9.17) is 19.4 Å². The lowest BCUT2D eigenvalue weighted by Crippen LogP contribution is -2.51. The van der Waals surface area contributed by atoms with Gasteiger partial charge in [-0.2, -0.15) is 9.97 Å². The van der Waals surface area contributed by atoms with Gasteiger partial charge in [-0.25, -0.2) is 18.4 Å². The van der Waals surface area contributed by atoms with Crippen LogP contribution < -0.4 is 20.3 Å². The Bertz CT molecular complexity index is 3670. The van der Waals surface area contributed by atoms with Crippen LogP contribution in [0.4, 0.5) is 14.6 Å². The molecule has 5 aliphatic rings. The van der Waals surface area contributed by atoms with E-state index in [1.165, 1.54) is 29.3 Å². The molecule has 12 rings (SSSR count). The van der Waals surface area contributed by atoms with Crippen molar-refractivity contribution in [2.24, 2.45) is 11.3 Å². The molecule has 462 valence electrons. The summed E-state index contributed by atoms with van der Waals surface area (Å²) in [5.41, 5.74) is 4.67. The number of pyridine rings is 1. The third kappa shape index (κ3) is 12.6. The summed E-state index contributed by atoms with van der Waals surface area (Å²) < 4.78 is 47.5. The quantitative estimate of drug-likeness (QED) is 0.0539. The number of likely N-dealkylation sites (tertiary alicyclic amines) is 2. The van der Waals surface area contributed by atoms with Crippen molar-refractivity contribution in [3.05, 3.63) is 101 Å². The number of aliphatic hydroxyl groups excluding tert-OH is 1. The van der Waals surface area contributed by atoms with Crippen molar-refractivity contribution in [3.8, 4) is 33.5 Å². The van der Waals surface area contributed by atoms with Gasteiger partial charge in [0.15, 0.2) is 5.82 Å². The number of ether oxygens (including phenoxy) is 2. The zero-order valence-corrected chi connectivity index (χ0v) is 51.5. The molecule has 8 heterocycles. The highest BCUT2D eigenvalue weighted by Crippen LogP contribution is 2.48. The molecule has 5 fully saturated rings. The van der Waals surface area contributed by atoms with Crippen molar-refractivity contribution < 1.29 is 43.2 Å². The van der Waals surface area contributed by atoms with Crippen LogP contribution in [-0.2, 0) is 20.7 Å². The number of amides is 2. The number of nitrogens with zero attached hydrogens (tertiary/aromatic N) is 10. The minimum atomic E-state index is -0.991. The Morgan fingerprint density at radius 2 is 1.76 bits per heavy atom. The highest BCUT2D eigenvalue weighted by atomic mass is 32.1. The van der Waals surface area contributed by atoms with Crippen LogP contribution in [-0.4, -0.2) is 154 Å². The number of aliphatic hydroxyl groups is 2. The number of fused-ring (bicyclic) bond motifs is 2. The number of anilines is 1. The molecule has 0 radical (unpaired) electrons. The summed E-state index contributed by atoms with van der Waals surface area (Å²) in [6.45, 7) is 18.0. The molecule has 7 aromatic rings. The van der Waals surface area contributed by atoms with Gasteiger partial charge in [0.1, 0.15) is 46.9 Å². The number of thiazole rings is 1. The summed E-state index contributed by atoms with van der Waals surface area (Å²) in [6, 6.07) is 12.1. The molecule has 87 heavy (non-hydrogen) atoms. The number of nitrogens with one attached hydrogen (secondary N) is 2. The number of hydrogen-bond donors (Lipinski definition) is 5. The third-order valence-corrected chi connectivity index (χ3v) is 19.8. The number of rotatable bonds is 18. The first-order valence-electron chi connectivity index (χ1n) is 30.9. The maximum Gasteiger partial charge on any atom is 0.319 e. The van der Waals surface area contributed by atoms with E-state index in [1.807, 2.05) is 75.5 Å². The Morgan fingerprint density at radius 1 is 0.977 bits per heavy atom. The second kappa shape index (κ2) is 24.3. The van der Waals surface area contributed by atoms with E-state index in [0.29, 0.717) is 66.5 Å². The molecule has 2 amide bonds. The van der Waals surface area contributed by atoms with Crippen molar-refractivity contribution in [1.82, 2.24) is 55.4 Å². The van der Waals surface area contributed by atoms with E-state index in [0.717, 1.165) is 85.6 Å². The number of hydrogen-bond acceptors (Lipinski definition) is 17. The van der Waals surface area contributed by atoms with E-state index in [1.54, 1.807) is 29.0 Å². The highest BCUT2D eigenvalue weighted by Gasteiger charge is 2.47. The second-order valence-corrected chi connectivity index (χ2v) is 27.0. The predicted octanol–water partition coefficient (Wildman–Crippen LogP) is 9.33. The van der Waals surface area contributed by atoms with Gasteiger partial charge in [0.05, 0.1) is 57.1 Å². The fourth-order valence-corrected chi connectivity index (χ4v) is 14.5. The second-order valence-electron chi connectivity index (χ2n) is 26.1. The average Bonchev–Trinajstić information content (AvgIpc) is 2.58. The predicted molar refractivity (Wildman–Crippen MR) is 328 cm³/mol. The summed E-state index contributed by atoms with van der Waals surface area (Å²) in [6.07, 6.45) is 9.39. The molecule has 2 unspecified atom stereocenters. The Hall–Kier alpha value is -6.82. The monoisotopic (exact) mass is 1210 g/mol. The van der Waals surface area contributed by atoms with Crippen LogP contribution in [0.25, 0.3) is 43.4 Å². The van der Waals surface area contributed by atoms with Gasteiger partial charge in [-0.05, 0) is 137 Å². The molecule has 4 aromatic heterocycles. The molecule has 22 heteroatoms. The van der Waals surface area contributed by atoms with Crippen LogP contribution in [0.2, 0.25) is 0 Å². The number of aromatic hydroxyl groups is 1. The van der Waals surface area contributed by atoms with Crippen LogP contribution in [0.3, 0.4) is 0 Å². The summed E-state index contributed by atoms with van der Waals surface area (Å²) in [5, 5.41) is 50.0. The molecule has 0 spiro atoms. The number of benzene rings is 3. The van der Waals surface area contributed by atoms with Crippen molar-refractivity contribution in [1.29, 1.82) is 0 Å². The van der Waals surface area contributed by atoms with E-state index in [9.17, 15) is 24.9 Å². The van der Waals surface area contributed by atoms with Crippen LogP contribution >= 0.6 is 11.3 Å². The van der Waals surface area contributed by atoms with Gasteiger partial charge in [-0.3, -0.25) is 19.9 Å². The van der Waals surface area contributed by atoms with Gasteiger partial charge in [-0.1, -0.05) is 56.3 Å². The van der Waals surface area contributed by atoms with Gasteiger partial charge < -0.3 is 44.8 Å². The standard InChI is InChI=1S/C65H80F2N12O7S/c1-8-46-49(66)16-14-42-26-44(80)27-47(53(42)46)55-54(67)56-48(30-69-55)59(77-23-9-18-63(6,84)33-77)73-62(72-56)85-35-65(19-20-65)34-76-24-21-64(7,22-25-76)86-52-17-15-43(29-68-52)50-32-79(75-74-50)57(37(2)3)61(83)78-31-45(81)28-51(78)60(82)71-38(4)40-10-12-41(13-11-40)58-39(5)70-36-87-58/h10-14,16,26-27,30,32,36-38,43,45,51-52,57,68,80-81,84H,8-9,15,17-25,28-29,31,33-35H2,1-7H3,(H,71,82)/t38-,43?,45+,51-,52?,57-,63+/m0/s1. The summed E-state index contributed by atoms with van der Waals surface area (Å²) in [7, 11) is 0. The number of carbonyl (C=O) groups is 2. The number of halogens is 2. The number of phenolic OH excluding ortho intramolecular Hbond substituents is 1. The van der Waals surface area contributed by atoms with Crippen LogP contribution in [0.1, 0.15) is 140 Å². The largest absolute Gasteiger partial charge is 0.508 e. The fraction of sp³-hybridized carbons (Fsp3) is 0.538. The number of β-amino-alcohol motifs (C(OH)–C–C–N with tert-alkyl or cyclic N) is 2. The van der Waals surface area contributed by atoms with Crippen molar-refractivity contribution in [2.75, 3.05) is 57.3 Å². The van der Waals surface area contributed by atoms with Gasteiger partial charge in [-0.15, -0.1) is 16.4 Å². The first-order valence-corrected chi connectivity index (χ1v) is 31.8. The lowest BCUT2D eigenvalue weighted by Gasteiger charge is -2.43. The normalized spacial score (nSPS) is 23.8. The molecule has 0 bridgehead atoms. The highest BCUT2D eigenvalue weighted by molar-refractivity contribution is 7.13. The summed E-state index contributed by atoms with van der Waals surface area (Å²) >= 11 is 1.59. The average molecular weight is 1210 g/mol. The number of piperidine rings is 3. The van der Waals surface area contributed by atoms with Crippen molar-refractivity contribution in [2.45, 2.75) is 160 Å². The maximum absolute atomic E-state index is 17.3. The van der Waals surface area contributed by atoms with Gasteiger partial charge in [0.2, 0.25) is 11.8 Å². The minimum Gasteiger partial charge on any atom is -0.508 e. The molecule has 1 saturated carbocycles. The first-order chi connectivity index (χ1) is 41.7. The number of aromatic nitrogens is 7. The maximum atomic E-state index is 17.3. The molecule has 4 aliphatic heterocycles. The zero-order valence-electron chi connectivity index (χ0n) is 50.7. The van der Waals surface area contributed by atoms with Crippen LogP contribution in [0, 0.1) is 29.9 Å². The molecule has 4 saturated heterocycles. The van der Waals surface area contributed by atoms with E-state index in [-0.39, 0.29) is 95.0 Å². The Balaban J connectivity index is 0.650. The third-order valence-electron chi connectivity index (χ3n) is 18.9. The van der Waals surface area contributed by atoms with E-state index >= 15 is 8.78 Å². The van der Waals surface area contributed by atoms with Crippen molar-refractivity contribution >= 4 is 50.6 Å². The molecular formula is C65H80F2N12O7S. The zero-order chi connectivity index (χ0) is 61.1. The van der Waals surface area contributed by atoms with Crippen molar-refractivity contribution in [3.63, 3.8) is 0 Å². The molecular weight excluding hydrogens is 1130 g/mol. The number of aryl methyl sites for hydroxylation is 2. The Morgan fingerprint density at radius 3 is 2.45 bits per heavy atom. The lowest BCUT2D eigenvalue weighted by molar-refractivity contribution is -0.142. The number of phenols is 1. The van der Waals surface area contributed by atoms with E-state index in [2.05, 4.69) is 42.7 Å². The van der Waals surface area contributed by atoms with Crippen LogP contribution in [0.5, 0.6) is 11.8 Å². The Labute approximate surface area is 509 Å². The first kappa shape index (κ1) is 60.5. The van der Waals surface area contributed by atoms with Gasteiger partial charge >= 0.3 is 6.01 Å². The Kier molecular flexibility index (Phi) is 16.9. The molecule has 1 aliphatic carbocycles. The molecule has 7 atom stereocenters. The minimum absolute atomic E-state index is 0.0126. The topological polar surface area (TPSA) is 229 Å². The molecule has 5 N–H and O–H groups in total. The molecule has 3 aromatic carbocycles. The molecule has 19 nitrogen and oxygen atoms in total. The SMILES string of the molecule is CCc1c(F)ccc2cc(O)cc(-c3ncc4c(N5CCC[C@@](C)(O)C5)nc(OCC5(CN6CCC(C)(OC7CCC(c8cn([C@H](C(=O)N9C[C@H](O)C[C@H]9C(=O)N[C@@H](C)c9ccc(-c%10scnc%10C)cc9)C(C)C)nn8)CN7)CC6)CC5)nc4c3F)c12. The fourth-order valence-electron chi connectivity index (χ4n) is 13.7. The van der Waals surface area contributed by atoms with Crippen LogP contribution in [0.15, 0.2) is 66.4 Å². The lowest BCUT2D eigenvalue weighted by atomic mass is 9.91. The van der Waals surface area contributed by atoms with Gasteiger partial charge in [0.25, 0.3) is 0 Å². The van der Waals surface area contributed by atoms with E-state index < -0.39 is 35.4 Å². The number of carbonyl (C=O) groups excluding carboxylic acids is 2. The smallest absolute Gasteiger partial charge is 0.319 e. The van der Waals surface area contributed by atoms with Gasteiger partial charge in [0, 0.05) is 81.5 Å². The summed E-state index contributed by atoms with van der Waals surface area (Å²) in [4.78, 5) is 54.0. The summed E-state index contributed by atoms with van der Waals surface area (Å²) in [5.74, 6) is -1.57.